The van der Waals surface area contributed by atoms with Gasteiger partial charge in [-0.2, -0.15) is 0 Å². The first-order chi connectivity index (χ1) is 12.1. The number of rotatable bonds is 4. The molecule has 0 radical (unpaired) electrons. The van der Waals surface area contributed by atoms with Crippen LogP contribution in [-0.2, 0) is 12.1 Å². The van der Waals surface area contributed by atoms with Crippen LogP contribution in [0.2, 0.25) is 0 Å². The molecule has 132 valence electrons. The standard InChI is InChI=1S/C19H23FN4O/c1-21-18-22-8-13(9-23-18)10-24-11-14-6-7-19(25,17(14)12-24)15-2-4-16(20)5-3-15/h2-5,8-9,14,17,25H,6-7,10-12H2,1H3,(H,21,22,23). The lowest BCUT2D eigenvalue weighted by molar-refractivity contribution is -0.00688. The van der Waals surface area contributed by atoms with Crippen molar-refractivity contribution in [2.24, 2.45) is 11.8 Å². The number of likely N-dealkylation sites (tertiary alicyclic amines) is 1. The number of aromatic nitrogens is 2. The number of hydrogen-bond donors (Lipinski definition) is 2. The minimum atomic E-state index is -0.848. The summed E-state index contributed by atoms with van der Waals surface area (Å²) in [7, 11) is 1.80. The van der Waals surface area contributed by atoms with E-state index in [0.29, 0.717) is 11.9 Å². The molecule has 1 aliphatic carbocycles. The Morgan fingerprint density at radius 2 is 1.96 bits per heavy atom. The summed E-state index contributed by atoms with van der Waals surface area (Å²) in [6.45, 7) is 2.60. The second kappa shape index (κ2) is 6.35. The van der Waals surface area contributed by atoms with Gasteiger partial charge in [0.15, 0.2) is 0 Å². The van der Waals surface area contributed by atoms with E-state index < -0.39 is 5.60 Å². The van der Waals surface area contributed by atoms with Crippen LogP contribution < -0.4 is 5.32 Å². The maximum atomic E-state index is 13.2. The normalized spacial score (nSPS) is 28.9. The third kappa shape index (κ3) is 3.00. The first-order valence-electron chi connectivity index (χ1n) is 8.78. The Labute approximate surface area is 146 Å². The number of benzene rings is 1. The monoisotopic (exact) mass is 342 g/mol. The zero-order valence-electron chi connectivity index (χ0n) is 14.3. The van der Waals surface area contributed by atoms with E-state index in [2.05, 4.69) is 20.2 Å². The van der Waals surface area contributed by atoms with E-state index in [9.17, 15) is 9.50 Å². The molecule has 2 aromatic rings. The van der Waals surface area contributed by atoms with Crippen LogP contribution in [0.1, 0.15) is 24.0 Å². The number of halogens is 1. The van der Waals surface area contributed by atoms with Crippen LogP contribution >= 0.6 is 0 Å². The molecule has 4 rings (SSSR count). The molecule has 3 atom stereocenters. The maximum Gasteiger partial charge on any atom is 0.222 e. The lowest BCUT2D eigenvalue weighted by Gasteiger charge is -2.31. The minimum absolute atomic E-state index is 0.190. The van der Waals surface area contributed by atoms with E-state index in [1.54, 1.807) is 19.2 Å². The molecule has 0 bridgehead atoms. The van der Waals surface area contributed by atoms with Gasteiger partial charge in [0.05, 0.1) is 5.60 Å². The smallest absolute Gasteiger partial charge is 0.222 e. The first kappa shape index (κ1) is 16.4. The zero-order chi connectivity index (χ0) is 17.4. The number of aliphatic hydroxyl groups is 1. The van der Waals surface area contributed by atoms with E-state index in [-0.39, 0.29) is 11.7 Å². The van der Waals surface area contributed by atoms with Crippen LogP contribution in [0.5, 0.6) is 0 Å². The number of hydrogen-bond acceptors (Lipinski definition) is 5. The predicted octanol–water partition coefficient (Wildman–Crippen LogP) is 2.39. The Morgan fingerprint density at radius 3 is 2.64 bits per heavy atom. The number of nitrogens with zero attached hydrogens (tertiary/aromatic N) is 3. The van der Waals surface area contributed by atoms with Crippen molar-refractivity contribution >= 4 is 5.95 Å². The van der Waals surface area contributed by atoms with Crippen LogP contribution in [-0.4, -0.2) is 40.1 Å². The average molecular weight is 342 g/mol. The van der Waals surface area contributed by atoms with Crippen molar-refractivity contribution in [3.63, 3.8) is 0 Å². The van der Waals surface area contributed by atoms with Gasteiger partial charge >= 0.3 is 0 Å². The first-order valence-corrected chi connectivity index (χ1v) is 8.78. The molecule has 1 aromatic carbocycles. The van der Waals surface area contributed by atoms with E-state index in [1.165, 1.54) is 12.1 Å². The Morgan fingerprint density at radius 1 is 1.24 bits per heavy atom. The zero-order valence-corrected chi connectivity index (χ0v) is 14.3. The Kier molecular flexibility index (Phi) is 4.17. The van der Waals surface area contributed by atoms with Crippen LogP contribution in [0.4, 0.5) is 10.3 Å². The molecule has 5 nitrogen and oxygen atoms in total. The van der Waals surface area contributed by atoms with Gasteiger partial charge in [0.25, 0.3) is 0 Å². The molecule has 1 saturated heterocycles. The summed E-state index contributed by atoms with van der Waals surface area (Å²) in [5.41, 5.74) is 1.06. The second-order valence-corrected chi connectivity index (χ2v) is 7.20. The summed E-state index contributed by atoms with van der Waals surface area (Å²) in [5.74, 6) is 1.02. The topological polar surface area (TPSA) is 61.3 Å². The van der Waals surface area contributed by atoms with Crippen LogP contribution in [0.25, 0.3) is 0 Å². The summed E-state index contributed by atoms with van der Waals surface area (Å²) in [6.07, 6.45) is 5.45. The molecule has 2 aliphatic rings. The van der Waals surface area contributed by atoms with Crippen molar-refractivity contribution < 1.29 is 9.50 Å². The molecule has 1 saturated carbocycles. The van der Waals surface area contributed by atoms with Crippen LogP contribution in [0.15, 0.2) is 36.7 Å². The highest BCUT2D eigenvalue weighted by atomic mass is 19.1. The molecule has 25 heavy (non-hydrogen) atoms. The Hall–Kier alpha value is -2.05. The molecular formula is C19H23FN4O. The third-order valence-electron chi connectivity index (χ3n) is 5.71. The molecular weight excluding hydrogens is 319 g/mol. The summed E-state index contributed by atoms with van der Waals surface area (Å²) in [4.78, 5) is 10.9. The second-order valence-electron chi connectivity index (χ2n) is 7.20. The van der Waals surface area contributed by atoms with Crippen molar-refractivity contribution in [3.05, 3.63) is 53.6 Å². The van der Waals surface area contributed by atoms with E-state index >= 15 is 0 Å². The lowest BCUT2D eigenvalue weighted by Crippen LogP contribution is -2.34. The largest absolute Gasteiger partial charge is 0.385 e. The van der Waals surface area contributed by atoms with Gasteiger partial charge in [-0.25, -0.2) is 14.4 Å². The molecule has 0 amide bonds. The van der Waals surface area contributed by atoms with Crippen LogP contribution in [0.3, 0.4) is 0 Å². The lowest BCUT2D eigenvalue weighted by atomic mass is 9.82. The van der Waals surface area contributed by atoms with Gasteiger partial charge in [-0.15, -0.1) is 0 Å². The number of fused-ring (bicyclic) bond motifs is 1. The molecule has 2 fully saturated rings. The van der Waals surface area contributed by atoms with Crippen molar-refractivity contribution in [2.75, 3.05) is 25.5 Å². The molecule has 6 heteroatoms. The van der Waals surface area contributed by atoms with Crippen molar-refractivity contribution in [1.29, 1.82) is 0 Å². The summed E-state index contributed by atoms with van der Waals surface area (Å²) in [5, 5.41) is 14.2. The van der Waals surface area contributed by atoms with Gasteiger partial charge in [-0.1, -0.05) is 12.1 Å². The summed E-state index contributed by atoms with van der Waals surface area (Å²) < 4.78 is 13.2. The van der Waals surface area contributed by atoms with Crippen molar-refractivity contribution in [3.8, 4) is 0 Å². The Balaban J connectivity index is 1.48. The number of nitrogens with one attached hydrogen (secondary N) is 1. The third-order valence-corrected chi connectivity index (χ3v) is 5.71. The van der Waals surface area contributed by atoms with Crippen molar-refractivity contribution in [2.45, 2.75) is 25.0 Å². The molecule has 1 aliphatic heterocycles. The highest BCUT2D eigenvalue weighted by Crippen LogP contribution is 2.50. The van der Waals surface area contributed by atoms with Gasteiger partial charge < -0.3 is 10.4 Å². The van der Waals surface area contributed by atoms with Gasteiger partial charge in [0.1, 0.15) is 5.82 Å². The summed E-state index contributed by atoms with van der Waals surface area (Å²) >= 11 is 0. The fourth-order valence-corrected chi connectivity index (χ4v) is 4.43. The average Bonchev–Trinajstić information content (AvgIpc) is 3.17. The fraction of sp³-hybridized carbons (Fsp3) is 0.474. The van der Waals surface area contributed by atoms with E-state index in [1.807, 2.05) is 12.4 Å². The quantitative estimate of drug-likeness (QED) is 0.893. The van der Waals surface area contributed by atoms with Gasteiger partial charge in [-0.05, 0) is 36.5 Å². The van der Waals surface area contributed by atoms with E-state index in [0.717, 1.165) is 43.6 Å². The summed E-state index contributed by atoms with van der Waals surface area (Å²) in [6, 6.07) is 6.33. The SMILES string of the molecule is CNc1ncc(CN2CC3CCC(O)(c4ccc(F)cc4)C3C2)cn1. The van der Waals surface area contributed by atoms with Gasteiger partial charge in [0, 0.05) is 50.6 Å². The molecule has 3 unspecified atom stereocenters. The fourth-order valence-electron chi connectivity index (χ4n) is 4.43. The van der Waals surface area contributed by atoms with Crippen LogP contribution in [0, 0.1) is 17.7 Å². The highest BCUT2D eigenvalue weighted by molar-refractivity contribution is 5.27. The van der Waals surface area contributed by atoms with Crippen molar-refractivity contribution in [1.82, 2.24) is 14.9 Å². The minimum Gasteiger partial charge on any atom is -0.385 e. The molecule has 1 aromatic heterocycles. The number of anilines is 1. The van der Waals surface area contributed by atoms with Gasteiger partial charge in [0.2, 0.25) is 5.95 Å². The molecule has 2 heterocycles. The maximum absolute atomic E-state index is 13.2. The van der Waals surface area contributed by atoms with Gasteiger partial charge in [-0.3, -0.25) is 4.90 Å². The predicted molar refractivity (Wildman–Crippen MR) is 93.4 cm³/mol. The molecule has 2 N–H and O–H groups in total. The highest BCUT2D eigenvalue weighted by Gasteiger charge is 2.52. The Bertz CT molecular complexity index is 736. The molecule has 0 spiro atoms. The van der Waals surface area contributed by atoms with E-state index in [4.69, 9.17) is 0 Å².